The summed E-state index contributed by atoms with van der Waals surface area (Å²) < 4.78 is 5.54. The van der Waals surface area contributed by atoms with E-state index in [4.69, 9.17) is 9.72 Å². The standard InChI is InChI=1S/C13H24N2OS/c1-6-10-11(8-14-7-2)17-13(15-10)12(16-5)9(3)4/h9,12,14H,6-8H2,1-5H3. The van der Waals surface area contributed by atoms with Crippen LogP contribution in [0.2, 0.25) is 0 Å². The molecule has 0 saturated heterocycles. The summed E-state index contributed by atoms with van der Waals surface area (Å²) >= 11 is 1.79. The quantitative estimate of drug-likeness (QED) is 0.813. The molecule has 0 bridgehead atoms. The lowest BCUT2D eigenvalue weighted by Crippen LogP contribution is -2.11. The monoisotopic (exact) mass is 256 g/mol. The molecule has 3 nitrogen and oxygen atoms in total. The molecule has 1 rings (SSSR count). The van der Waals surface area contributed by atoms with Gasteiger partial charge in [-0.1, -0.05) is 27.7 Å². The number of hydrogen-bond acceptors (Lipinski definition) is 4. The van der Waals surface area contributed by atoms with Crippen molar-refractivity contribution in [1.29, 1.82) is 0 Å². The van der Waals surface area contributed by atoms with E-state index in [-0.39, 0.29) is 6.10 Å². The van der Waals surface area contributed by atoms with Crippen molar-refractivity contribution in [2.24, 2.45) is 5.92 Å². The van der Waals surface area contributed by atoms with Crippen LogP contribution in [0.5, 0.6) is 0 Å². The Balaban J connectivity index is 2.90. The van der Waals surface area contributed by atoms with Gasteiger partial charge in [-0.3, -0.25) is 0 Å². The Kier molecular flexibility index (Phi) is 6.09. The molecule has 1 atom stereocenters. The number of rotatable bonds is 7. The molecule has 0 amide bonds. The van der Waals surface area contributed by atoms with Crippen molar-refractivity contribution in [2.75, 3.05) is 13.7 Å². The molecule has 0 fully saturated rings. The highest BCUT2D eigenvalue weighted by molar-refractivity contribution is 7.11. The van der Waals surface area contributed by atoms with E-state index in [2.05, 4.69) is 33.0 Å². The zero-order chi connectivity index (χ0) is 12.8. The van der Waals surface area contributed by atoms with E-state index < -0.39 is 0 Å². The minimum atomic E-state index is 0.126. The molecule has 0 spiro atoms. The zero-order valence-electron chi connectivity index (χ0n) is 11.5. The van der Waals surface area contributed by atoms with Gasteiger partial charge in [-0.25, -0.2) is 4.98 Å². The fourth-order valence-corrected chi connectivity index (χ4v) is 3.21. The van der Waals surface area contributed by atoms with Crippen molar-refractivity contribution in [3.05, 3.63) is 15.6 Å². The van der Waals surface area contributed by atoms with Gasteiger partial charge in [0.15, 0.2) is 0 Å². The Bertz CT molecular complexity index is 336. The number of nitrogens with one attached hydrogen (secondary N) is 1. The average molecular weight is 256 g/mol. The van der Waals surface area contributed by atoms with E-state index in [0.29, 0.717) is 5.92 Å². The Morgan fingerprint density at radius 1 is 1.35 bits per heavy atom. The normalized spacial score (nSPS) is 13.3. The van der Waals surface area contributed by atoms with E-state index in [1.54, 1.807) is 18.4 Å². The Morgan fingerprint density at radius 3 is 2.53 bits per heavy atom. The molecule has 0 radical (unpaired) electrons. The molecule has 0 aliphatic heterocycles. The third-order valence-corrected chi connectivity index (χ3v) is 3.93. The van der Waals surface area contributed by atoms with Gasteiger partial charge in [0.1, 0.15) is 11.1 Å². The molecule has 98 valence electrons. The number of aromatic nitrogens is 1. The van der Waals surface area contributed by atoms with Gasteiger partial charge in [0, 0.05) is 18.5 Å². The summed E-state index contributed by atoms with van der Waals surface area (Å²) in [5.41, 5.74) is 1.22. The van der Waals surface area contributed by atoms with Gasteiger partial charge in [-0.2, -0.15) is 0 Å². The molecule has 1 unspecified atom stereocenters. The molecule has 0 aliphatic carbocycles. The first-order chi connectivity index (χ1) is 8.13. The number of methoxy groups -OCH3 is 1. The van der Waals surface area contributed by atoms with E-state index in [1.807, 2.05) is 0 Å². The predicted molar refractivity (Wildman–Crippen MR) is 73.5 cm³/mol. The number of thiazole rings is 1. The number of hydrogen-bond donors (Lipinski definition) is 1. The molecule has 0 aromatic carbocycles. The fourth-order valence-electron chi connectivity index (χ4n) is 1.84. The highest BCUT2D eigenvalue weighted by Crippen LogP contribution is 2.31. The van der Waals surface area contributed by atoms with Gasteiger partial charge < -0.3 is 10.1 Å². The summed E-state index contributed by atoms with van der Waals surface area (Å²) in [7, 11) is 1.77. The molecular weight excluding hydrogens is 232 g/mol. The number of ether oxygens (including phenoxy) is 1. The highest BCUT2D eigenvalue weighted by atomic mass is 32.1. The summed E-state index contributed by atoms with van der Waals surface area (Å²) in [4.78, 5) is 6.08. The molecule has 1 aromatic rings. The first-order valence-corrected chi connectivity index (χ1v) is 7.17. The van der Waals surface area contributed by atoms with Crippen LogP contribution in [-0.4, -0.2) is 18.6 Å². The van der Waals surface area contributed by atoms with Crippen LogP contribution in [0.15, 0.2) is 0 Å². The van der Waals surface area contributed by atoms with E-state index in [0.717, 1.165) is 24.5 Å². The largest absolute Gasteiger partial charge is 0.374 e. The van der Waals surface area contributed by atoms with E-state index in [1.165, 1.54) is 10.6 Å². The SMILES string of the molecule is CCNCc1sc(C(OC)C(C)C)nc1CC. The van der Waals surface area contributed by atoms with E-state index in [9.17, 15) is 0 Å². The first kappa shape index (κ1) is 14.6. The van der Waals surface area contributed by atoms with Gasteiger partial charge in [-0.05, 0) is 18.9 Å². The molecule has 4 heteroatoms. The second kappa shape index (κ2) is 7.09. The van der Waals surface area contributed by atoms with E-state index >= 15 is 0 Å². The van der Waals surface area contributed by atoms with Crippen LogP contribution in [0, 0.1) is 5.92 Å². The fraction of sp³-hybridized carbons (Fsp3) is 0.769. The van der Waals surface area contributed by atoms with Crippen LogP contribution in [0.25, 0.3) is 0 Å². The van der Waals surface area contributed by atoms with Crippen molar-refractivity contribution in [1.82, 2.24) is 10.3 Å². The van der Waals surface area contributed by atoms with Crippen LogP contribution in [0.4, 0.5) is 0 Å². The van der Waals surface area contributed by atoms with Crippen LogP contribution in [-0.2, 0) is 17.7 Å². The molecule has 0 saturated carbocycles. The third kappa shape index (κ3) is 3.76. The number of aryl methyl sites for hydroxylation is 1. The minimum absolute atomic E-state index is 0.126. The maximum absolute atomic E-state index is 5.54. The smallest absolute Gasteiger partial charge is 0.122 e. The minimum Gasteiger partial charge on any atom is -0.374 e. The second-order valence-corrected chi connectivity index (χ2v) is 5.57. The van der Waals surface area contributed by atoms with Crippen LogP contribution in [0.3, 0.4) is 0 Å². The van der Waals surface area contributed by atoms with Gasteiger partial charge in [0.2, 0.25) is 0 Å². The van der Waals surface area contributed by atoms with Crippen molar-refractivity contribution < 1.29 is 4.74 Å². The molecule has 17 heavy (non-hydrogen) atoms. The lowest BCUT2D eigenvalue weighted by atomic mass is 10.1. The maximum atomic E-state index is 5.54. The van der Waals surface area contributed by atoms with Crippen molar-refractivity contribution >= 4 is 11.3 Å². The summed E-state index contributed by atoms with van der Waals surface area (Å²) in [6.07, 6.45) is 1.12. The van der Waals surface area contributed by atoms with Crippen molar-refractivity contribution in [3.8, 4) is 0 Å². The third-order valence-electron chi connectivity index (χ3n) is 2.77. The predicted octanol–water partition coefficient (Wildman–Crippen LogP) is 3.16. The van der Waals surface area contributed by atoms with Crippen LogP contribution >= 0.6 is 11.3 Å². The average Bonchev–Trinajstić information content (AvgIpc) is 2.70. The molecule has 1 heterocycles. The van der Waals surface area contributed by atoms with Crippen LogP contribution in [0.1, 0.15) is 49.4 Å². The van der Waals surface area contributed by atoms with Gasteiger partial charge in [0.25, 0.3) is 0 Å². The Morgan fingerprint density at radius 2 is 2.06 bits per heavy atom. The topological polar surface area (TPSA) is 34.1 Å². The van der Waals surface area contributed by atoms with Crippen molar-refractivity contribution in [3.63, 3.8) is 0 Å². The summed E-state index contributed by atoms with van der Waals surface area (Å²) in [5, 5.41) is 4.49. The lowest BCUT2D eigenvalue weighted by Gasteiger charge is -2.15. The Labute approximate surface area is 109 Å². The summed E-state index contributed by atoms with van der Waals surface area (Å²) in [5.74, 6) is 0.461. The maximum Gasteiger partial charge on any atom is 0.122 e. The van der Waals surface area contributed by atoms with Crippen LogP contribution < -0.4 is 5.32 Å². The Hall–Kier alpha value is -0.450. The van der Waals surface area contributed by atoms with Gasteiger partial charge in [0.05, 0.1) is 5.69 Å². The molecule has 0 aliphatic rings. The summed E-state index contributed by atoms with van der Waals surface area (Å²) in [6, 6.07) is 0. The molecular formula is C13H24N2OS. The zero-order valence-corrected chi connectivity index (χ0v) is 12.4. The first-order valence-electron chi connectivity index (χ1n) is 6.35. The second-order valence-electron chi connectivity index (χ2n) is 4.46. The number of nitrogens with zero attached hydrogens (tertiary/aromatic N) is 1. The van der Waals surface area contributed by atoms with Gasteiger partial charge in [-0.15, -0.1) is 11.3 Å². The summed E-state index contributed by atoms with van der Waals surface area (Å²) in [6.45, 7) is 10.5. The molecule has 1 aromatic heterocycles. The molecule has 1 N–H and O–H groups in total. The van der Waals surface area contributed by atoms with Crippen molar-refractivity contribution in [2.45, 2.75) is 46.8 Å². The highest BCUT2D eigenvalue weighted by Gasteiger charge is 2.20. The van der Waals surface area contributed by atoms with Gasteiger partial charge >= 0.3 is 0 Å². The lowest BCUT2D eigenvalue weighted by molar-refractivity contribution is 0.0643.